The highest BCUT2D eigenvalue weighted by Crippen LogP contribution is 2.28. The molecule has 2 N–H and O–H groups in total. The molecule has 4 rings (SSSR count). The molecule has 0 unspecified atom stereocenters. The molecule has 120 valence electrons. The summed E-state index contributed by atoms with van der Waals surface area (Å²) >= 11 is 2.32. The van der Waals surface area contributed by atoms with Crippen molar-refractivity contribution in [1.29, 1.82) is 0 Å². The van der Waals surface area contributed by atoms with Crippen LogP contribution in [0.1, 0.15) is 12.8 Å². The Morgan fingerprint density at radius 3 is 2.42 bits per heavy atom. The van der Waals surface area contributed by atoms with Gasteiger partial charge in [0.15, 0.2) is 0 Å². The van der Waals surface area contributed by atoms with E-state index < -0.39 is 0 Å². The van der Waals surface area contributed by atoms with Crippen molar-refractivity contribution in [3.8, 4) is 11.3 Å². The monoisotopic (exact) mass is 428 g/mol. The first-order chi connectivity index (χ1) is 11.8. The van der Waals surface area contributed by atoms with Crippen LogP contribution < -0.4 is 10.6 Å². The van der Waals surface area contributed by atoms with E-state index in [2.05, 4.69) is 67.5 Å². The van der Waals surface area contributed by atoms with Crippen LogP contribution in [0.4, 0.5) is 17.5 Å². The first kappa shape index (κ1) is 15.4. The van der Waals surface area contributed by atoms with Gasteiger partial charge >= 0.3 is 0 Å². The average Bonchev–Trinajstić information content (AvgIpc) is 3.42. The minimum absolute atomic E-state index is 0.515. The molecule has 1 heterocycles. The summed E-state index contributed by atoms with van der Waals surface area (Å²) in [6.07, 6.45) is 2.39. The highest BCUT2D eigenvalue weighted by atomic mass is 127. The fourth-order valence-corrected chi connectivity index (χ4v) is 2.97. The Morgan fingerprint density at radius 1 is 0.917 bits per heavy atom. The van der Waals surface area contributed by atoms with E-state index in [-0.39, 0.29) is 0 Å². The Kier molecular flexibility index (Phi) is 4.34. The van der Waals surface area contributed by atoms with E-state index in [1.165, 1.54) is 12.8 Å². The molecule has 24 heavy (non-hydrogen) atoms. The van der Waals surface area contributed by atoms with Gasteiger partial charge in [-0.15, -0.1) is 0 Å². The van der Waals surface area contributed by atoms with E-state index in [1.54, 1.807) is 0 Å². The lowest BCUT2D eigenvalue weighted by Crippen LogP contribution is -2.08. The first-order valence-corrected chi connectivity index (χ1v) is 9.08. The molecule has 0 radical (unpaired) electrons. The maximum absolute atomic E-state index is 4.68. The fourth-order valence-electron chi connectivity index (χ4n) is 2.44. The highest BCUT2D eigenvalue weighted by molar-refractivity contribution is 14.1. The summed E-state index contributed by atoms with van der Waals surface area (Å²) in [5, 5.41) is 6.82. The molecule has 0 bridgehead atoms. The van der Waals surface area contributed by atoms with E-state index in [0.717, 1.165) is 26.3 Å². The summed E-state index contributed by atoms with van der Waals surface area (Å²) in [5.74, 6) is 1.49. The standard InChI is InChI=1S/C19H17IN4/c20-15-8-4-5-9-16(15)22-18-12-17(13-6-2-1-3-7-13)23-19(24-18)21-14-10-11-14/h1-9,12,14H,10-11H2,(H2,21,22,23,24). The SMILES string of the molecule is Ic1ccccc1Nc1cc(-c2ccccc2)nc(NC2CC2)n1. The van der Waals surface area contributed by atoms with Gasteiger partial charge in [-0.3, -0.25) is 0 Å². The molecule has 1 aromatic heterocycles. The number of para-hydroxylation sites is 1. The van der Waals surface area contributed by atoms with Gasteiger partial charge in [-0.2, -0.15) is 4.98 Å². The van der Waals surface area contributed by atoms with Crippen molar-refractivity contribution in [1.82, 2.24) is 9.97 Å². The molecule has 4 nitrogen and oxygen atoms in total. The molecule has 2 aromatic carbocycles. The molecule has 3 aromatic rings. The predicted molar refractivity (Wildman–Crippen MR) is 107 cm³/mol. The summed E-state index contributed by atoms with van der Waals surface area (Å²) in [7, 11) is 0. The minimum Gasteiger partial charge on any atom is -0.351 e. The van der Waals surface area contributed by atoms with Crippen molar-refractivity contribution >= 4 is 40.0 Å². The van der Waals surface area contributed by atoms with Crippen LogP contribution in [0.2, 0.25) is 0 Å². The number of halogens is 1. The van der Waals surface area contributed by atoms with E-state index in [1.807, 2.05) is 36.4 Å². The van der Waals surface area contributed by atoms with Crippen molar-refractivity contribution < 1.29 is 0 Å². The summed E-state index contributed by atoms with van der Waals surface area (Å²) < 4.78 is 1.16. The zero-order valence-electron chi connectivity index (χ0n) is 13.0. The number of nitrogens with one attached hydrogen (secondary N) is 2. The summed E-state index contributed by atoms with van der Waals surface area (Å²) in [6, 6.07) is 20.9. The molecule has 0 spiro atoms. The maximum atomic E-state index is 4.68. The van der Waals surface area contributed by atoms with Crippen molar-refractivity contribution in [3.63, 3.8) is 0 Å². The molecule has 0 atom stereocenters. The topological polar surface area (TPSA) is 49.8 Å². The van der Waals surface area contributed by atoms with E-state index in [9.17, 15) is 0 Å². The maximum Gasteiger partial charge on any atom is 0.225 e. The van der Waals surface area contributed by atoms with Gasteiger partial charge in [-0.1, -0.05) is 42.5 Å². The van der Waals surface area contributed by atoms with Crippen molar-refractivity contribution in [2.24, 2.45) is 0 Å². The Hall–Kier alpha value is -2.15. The van der Waals surface area contributed by atoms with E-state index in [4.69, 9.17) is 0 Å². The number of hydrogen-bond donors (Lipinski definition) is 2. The number of rotatable bonds is 5. The zero-order valence-corrected chi connectivity index (χ0v) is 15.2. The molecule has 1 aliphatic carbocycles. The summed E-state index contributed by atoms with van der Waals surface area (Å²) in [4.78, 5) is 9.32. The average molecular weight is 428 g/mol. The molecule has 0 amide bonds. The minimum atomic E-state index is 0.515. The molecule has 5 heteroatoms. The summed E-state index contributed by atoms with van der Waals surface area (Å²) in [5.41, 5.74) is 3.06. The van der Waals surface area contributed by atoms with Gasteiger partial charge in [0.2, 0.25) is 5.95 Å². The van der Waals surface area contributed by atoms with Gasteiger partial charge in [-0.05, 0) is 47.6 Å². The molecule has 1 aliphatic rings. The highest BCUT2D eigenvalue weighted by Gasteiger charge is 2.22. The number of nitrogens with zero attached hydrogens (tertiary/aromatic N) is 2. The second-order valence-electron chi connectivity index (χ2n) is 5.85. The van der Waals surface area contributed by atoms with Crippen LogP contribution in [0.15, 0.2) is 60.7 Å². The van der Waals surface area contributed by atoms with E-state index in [0.29, 0.717) is 12.0 Å². The summed E-state index contributed by atoms with van der Waals surface area (Å²) in [6.45, 7) is 0. The van der Waals surface area contributed by atoms with Crippen LogP contribution in [-0.2, 0) is 0 Å². The Labute approximate surface area is 154 Å². The number of aromatic nitrogens is 2. The van der Waals surface area contributed by atoms with Crippen molar-refractivity contribution in [3.05, 3.63) is 64.2 Å². The van der Waals surface area contributed by atoms with Crippen LogP contribution in [0, 0.1) is 3.57 Å². The Morgan fingerprint density at radius 2 is 1.67 bits per heavy atom. The van der Waals surface area contributed by atoms with Crippen LogP contribution in [0.25, 0.3) is 11.3 Å². The molecule has 0 saturated heterocycles. The molecular weight excluding hydrogens is 411 g/mol. The third kappa shape index (κ3) is 3.67. The lowest BCUT2D eigenvalue weighted by molar-refractivity contribution is 1.06. The molecular formula is C19H17IN4. The number of anilines is 3. The number of benzene rings is 2. The third-order valence-corrected chi connectivity index (χ3v) is 4.78. The van der Waals surface area contributed by atoms with Crippen molar-refractivity contribution in [2.75, 3.05) is 10.6 Å². The molecule has 0 aliphatic heterocycles. The van der Waals surface area contributed by atoms with E-state index >= 15 is 0 Å². The smallest absolute Gasteiger partial charge is 0.225 e. The van der Waals surface area contributed by atoms with Crippen LogP contribution in [0.5, 0.6) is 0 Å². The normalized spacial score (nSPS) is 13.5. The van der Waals surface area contributed by atoms with Gasteiger partial charge in [-0.25, -0.2) is 4.98 Å². The zero-order chi connectivity index (χ0) is 16.4. The molecule has 1 saturated carbocycles. The van der Waals surface area contributed by atoms with Crippen LogP contribution >= 0.6 is 22.6 Å². The largest absolute Gasteiger partial charge is 0.351 e. The second-order valence-corrected chi connectivity index (χ2v) is 7.01. The predicted octanol–water partition coefficient (Wildman–Crippen LogP) is 5.07. The molecule has 1 fully saturated rings. The quantitative estimate of drug-likeness (QED) is 0.558. The van der Waals surface area contributed by atoms with Crippen molar-refractivity contribution in [2.45, 2.75) is 18.9 Å². The van der Waals surface area contributed by atoms with Gasteiger partial charge in [0.1, 0.15) is 5.82 Å². The van der Waals surface area contributed by atoms with Gasteiger partial charge in [0.05, 0.1) is 11.4 Å². The lowest BCUT2D eigenvalue weighted by Gasteiger charge is -2.12. The van der Waals surface area contributed by atoms with Gasteiger partial charge in [0.25, 0.3) is 0 Å². The third-order valence-electron chi connectivity index (χ3n) is 3.84. The number of hydrogen-bond acceptors (Lipinski definition) is 4. The fraction of sp³-hybridized carbons (Fsp3) is 0.158. The van der Waals surface area contributed by atoms with Gasteiger partial charge in [0, 0.05) is 21.2 Å². The Bertz CT molecular complexity index is 847. The van der Waals surface area contributed by atoms with Gasteiger partial charge < -0.3 is 10.6 Å². The van der Waals surface area contributed by atoms with Crippen LogP contribution in [-0.4, -0.2) is 16.0 Å². The first-order valence-electron chi connectivity index (χ1n) is 8.00. The van der Waals surface area contributed by atoms with Crippen LogP contribution in [0.3, 0.4) is 0 Å². The Balaban J connectivity index is 1.71. The lowest BCUT2D eigenvalue weighted by atomic mass is 10.1. The second kappa shape index (κ2) is 6.76.